The minimum atomic E-state index is 1.15. The maximum Gasteiger partial charge on any atom is 0.0641 e. The number of fused-ring (bicyclic) bond motifs is 21. The van der Waals surface area contributed by atoms with Crippen LogP contribution in [0.3, 0.4) is 0 Å². The average molecular weight is 1680 g/mol. The van der Waals surface area contributed by atoms with Gasteiger partial charge >= 0.3 is 0 Å². The second-order valence-corrected chi connectivity index (χ2v) is 34.2. The number of benzene rings is 21. The fourth-order valence-corrected chi connectivity index (χ4v) is 20.8. The molecule has 0 aliphatic carbocycles. The van der Waals surface area contributed by atoms with Gasteiger partial charge in [-0.05, 0) is 200 Å². The predicted molar refractivity (Wildman–Crippen MR) is 558 cm³/mol. The Hall–Kier alpha value is -17.6. The summed E-state index contributed by atoms with van der Waals surface area (Å²) in [5.41, 5.74) is 36.2. The van der Waals surface area contributed by atoms with Crippen LogP contribution in [0.2, 0.25) is 0 Å². The molecule has 618 valence electrons. The molecule has 6 heteroatoms. The van der Waals surface area contributed by atoms with Gasteiger partial charge in [0.05, 0.1) is 66.2 Å². The summed E-state index contributed by atoms with van der Waals surface area (Å²) in [5.74, 6) is 0. The van der Waals surface area contributed by atoms with Crippen LogP contribution in [0.15, 0.2) is 510 Å². The summed E-state index contributed by atoms with van der Waals surface area (Å²) in [6.07, 6.45) is 0. The highest BCUT2D eigenvalue weighted by Crippen LogP contribution is 2.49. The SMILES string of the molecule is c1ccc(-c2ccc(-n3c4cc(-c5ccccc5)ccc4c4ccc5c(c6ccccc6n5-c5ccccc5)c43)cc2)cc1.c1ccc(-c2ccc(-n3c4ccccc4c4c3ccc3c5ccc(-c6ccccc6)cc5n(-c5ccccc5)c34)cc2)cc1.c1ccc(-c2cccc(-n3c4ccc(-c5ccccc5)cc4c4ccc5c(c6ccccc6n5-c5ccccc5)c43)c2)cc1. The Morgan fingerprint density at radius 3 is 0.682 bits per heavy atom. The molecule has 21 aromatic carbocycles. The van der Waals surface area contributed by atoms with Gasteiger partial charge in [-0.3, -0.25) is 0 Å². The maximum atomic E-state index is 2.48. The van der Waals surface area contributed by atoms with Crippen LogP contribution >= 0.6 is 0 Å². The minimum absolute atomic E-state index is 1.15. The Labute approximate surface area is 763 Å². The highest BCUT2D eigenvalue weighted by molar-refractivity contribution is 6.30. The molecule has 0 N–H and O–H groups in total. The Bertz CT molecular complexity index is 9040. The third-order valence-electron chi connectivity index (χ3n) is 26.7. The molecule has 0 fully saturated rings. The number of para-hydroxylation sites is 6. The first-order valence-electron chi connectivity index (χ1n) is 45.4. The van der Waals surface area contributed by atoms with Crippen LogP contribution in [0.4, 0.5) is 0 Å². The van der Waals surface area contributed by atoms with Crippen molar-refractivity contribution in [3.8, 4) is 101 Å². The maximum absolute atomic E-state index is 2.48. The summed E-state index contributed by atoms with van der Waals surface area (Å²) in [6.45, 7) is 0. The number of aromatic nitrogens is 6. The normalized spacial score (nSPS) is 11.6. The van der Waals surface area contributed by atoms with E-state index >= 15 is 0 Å². The highest BCUT2D eigenvalue weighted by atomic mass is 15.0. The lowest BCUT2D eigenvalue weighted by molar-refractivity contribution is 1.17. The van der Waals surface area contributed by atoms with Gasteiger partial charge in [0.15, 0.2) is 0 Å². The van der Waals surface area contributed by atoms with E-state index in [0.29, 0.717) is 0 Å². The van der Waals surface area contributed by atoms with Gasteiger partial charge in [-0.15, -0.1) is 0 Å². The quantitative estimate of drug-likeness (QED) is 0.117. The number of hydrogen-bond acceptors (Lipinski definition) is 0. The molecule has 0 saturated carbocycles. The molecule has 6 heterocycles. The number of rotatable bonds is 12. The molecular weight excluding hydrogens is 1600 g/mol. The second-order valence-electron chi connectivity index (χ2n) is 34.2. The van der Waals surface area contributed by atoms with E-state index in [4.69, 9.17) is 0 Å². The van der Waals surface area contributed by atoms with Crippen molar-refractivity contribution in [1.82, 2.24) is 27.4 Å². The second kappa shape index (κ2) is 32.4. The zero-order valence-electron chi connectivity index (χ0n) is 72.2. The van der Waals surface area contributed by atoms with Crippen LogP contribution in [0.1, 0.15) is 0 Å². The zero-order chi connectivity index (χ0) is 87.1. The smallest absolute Gasteiger partial charge is 0.0641 e. The number of hydrogen-bond donors (Lipinski definition) is 0. The summed E-state index contributed by atoms with van der Waals surface area (Å²) in [5, 5.41) is 15.1. The minimum Gasteiger partial charge on any atom is -0.309 e. The van der Waals surface area contributed by atoms with Gasteiger partial charge < -0.3 is 27.4 Å². The van der Waals surface area contributed by atoms with Gasteiger partial charge in [0.1, 0.15) is 0 Å². The molecule has 0 atom stereocenters. The van der Waals surface area contributed by atoms with Gasteiger partial charge in [-0.1, -0.05) is 376 Å². The summed E-state index contributed by atoms with van der Waals surface area (Å²) < 4.78 is 14.7. The van der Waals surface area contributed by atoms with Crippen molar-refractivity contribution >= 4 is 131 Å². The Morgan fingerprint density at radius 2 is 0.318 bits per heavy atom. The molecule has 0 bridgehead atoms. The Balaban J connectivity index is 0.000000106. The van der Waals surface area contributed by atoms with Crippen molar-refractivity contribution in [3.63, 3.8) is 0 Å². The topological polar surface area (TPSA) is 29.6 Å². The van der Waals surface area contributed by atoms with Crippen molar-refractivity contribution < 1.29 is 0 Å². The molecular formula is C126H84N6. The van der Waals surface area contributed by atoms with E-state index in [1.54, 1.807) is 0 Å². The van der Waals surface area contributed by atoms with E-state index in [2.05, 4.69) is 537 Å². The molecule has 132 heavy (non-hydrogen) atoms. The summed E-state index contributed by atoms with van der Waals surface area (Å²) in [4.78, 5) is 0. The highest BCUT2D eigenvalue weighted by Gasteiger charge is 2.27. The molecule has 0 saturated heterocycles. The van der Waals surface area contributed by atoms with Crippen molar-refractivity contribution in [1.29, 1.82) is 0 Å². The van der Waals surface area contributed by atoms with Crippen molar-refractivity contribution in [2.75, 3.05) is 0 Å². The molecule has 0 radical (unpaired) electrons. The molecule has 0 unspecified atom stereocenters. The van der Waals surface area contributed by atoms with Gasteiger partial charge in [-0.25, -0.2) is 0 Å². The van der Waals surface area contributed by atoms with E-state index in [-0.39, 0.29) is 0 Å². The van der Waals surface area contributed by atoms with Crippen LogP contribution < -0.4 is 0 Å². The van der Waals surface area contributed by atoms with Crippen molar-refractivity contribution in [2.24, 2.45) is 0 Å². The van der Waals surface area contributed by atoms with Crippen LogP contribution in [-0.4, -0.2) is 27.4 Å². The third-order valence-corrected chi connectivity index (χ3v) is 26.7. The molecule has 27 rings (SSSR count). The first-order valence-corrected chi connectivity index (χ1v) is 45.4. The Kier molecular flexibility index (Phi) is 18.8. The molecule has 6 nitrogen and oxygen atoms in total. The van der Waals surface area contributed by atoms with E-state index in [9.17, 15) is 0 Å². The summed E-state index contributed by atoms with van der Waals surface area (Å²) in [6, 6.07) is 184. The summed E-state index contributed by atoms with van der Waals surface area (Å²) >= 11 is 0. The van der Waals surface area contributed by atoms with Gasteiger partial charge in [0.2, 0.25) is 0 Å². The zero-order valence-corrected chi connectivity index (χ0v) is 72.2. The predicted octanol–water partition coefficient (Wildman–Crippen LogP) is 33.6. The Morgan fingerprint density at radius 1 is 0.0985 bits per heavy atom. The van der Waals surface area contributed by atoms with Gasteiger partial charge in [0.25, 0.3) is 0 Å². The van der Waals surface area contributed by atoms with Crippen LogP contribution in [-0.2, 0) is 0 Å². The van der Waals surface area contributed by atoms with E-state index < -0.39 is 0 Å². The third kappa shape index (κ3) is 13.0. The molecule has 0 aliphatic rings. The lowest BCUT2D eigenvalue weighted by Crippen LogP contribution is -1.96. The van der Waals surface area contributed by atoms with Crippen molar-refractivity contribution in [2.45, 2.75) is 0 Å². The average Bonchev–Trinajstić information content (AvgIpc) is 1.55. The fraction of sp³-hybridized carbons (Fsp3) is 0. The molecule has 6 aromatic heterocycles. The van der Waals surface area contributed by atoms with Crippen molar-refractivity contribution in [3.05, 3.63) is 510 Å². The van der Waals surface area contributed by atoms with E-state index in [1.807, 2.05) is 0 Å². The molecule has 0 spiro atoms. The van der Waals surface area contributed by atoms with Crippen LogP contribution in [0.5, 0.6) is 0 Å². The monoisotopic (exact) mass is 1680 g/mol. The molecule has 0 aliphatic heterocycles. The lowest BCUT2D eigenvalue weighted by Gasteiger charge is -2.12. The largest absolute Gasteiger partial charge is 0.309 e. The first-order chi connectivity index (χ1) is 65.5. The fourth-order valence-electron chi connectivity index (χ4n) is 20.8. The van der Waals surface area contributed by atoms with Gasteiger partial charge in [0, 0.05) is 98.8 Å². The van der Waals surface area contributed by atoms with Crippen LogP contribution in [0, 0.1) is 0 Å². The lowest BCUT2D eigenvalue weighted by atomic mass is 10.0. The first kappa shape index (κ1) is 76.8. The van der Waals surface area contributed by atoms with E-state index in [1.165, 1.54) is 203 Å². The van der Waals surface area contributed by atoms with Crippen LogP contribution in [0.25, 0.3) is 232 Å². The number of nitrogens with zero attached hydrogens (tertiary/aromatic N) is 6. The van der Waals surface area contributed by atoms with Gasteiger partial charge in [-0.2, -0.15) is 0 Å². The molecule has 0 amide bonds. The standard InChI is InChI=1S/3C42H28N2/c1-4-13-29(14-5-1)31-17-12-20-34(27-31)44-39-25-23-32(30-15-6-2-7-16-30)28-37(39)35-24-26-40-41(42(35)44)36-21-10-11-22-38(36)43(40)33-18-8-3-9-19-33;1-4-12-29(13-5-1)31-20-23-34(24-21-31)43-38-19-11-10-18-37(38)41-39(43)27-26-36-35-25-22-32(30-14-6-2-7-15-30)28-40(35)44(42(36)41)33-16-8-3-9-17-33;1-4-12-29(13-5-1)31-20-23-34(24-21-31)44-40-28-32(30-14-6-2-7-15-30)22-25-35(40)36-26-27-39-41(42(36)44)37-18-10-11-19-38(37)43(39)33-16-8-3-9-17-33/h3*1-28H. The summed E-state index contributed by atoms with van der Waals surface area (Å²) in [7, 11) is 0. The molecule has 27 aromatic rings. The van der Waals surface area contributed by atoms with E-state index in [0.717, 1.165) is 28.4 Å².